The normalized spacial score (nSPS) is 12.8. The summed E-state index contributed by atoms with van der Waals surface area (Å²) in [6.07, 6.45) is 0. The van der Waals surface area contributed by atoms with E-state index < -0.39 is 0 Å². The molecular weight excluding hydrogens is 345 g/mol. The van der Waals surface area contributed by atoms with E-state index >= 15 is 0 Å². The van der Waals surface area contributed by atoms with E-state index in [2.05, 4.69) is 38.1 Å². The van der Waals surface area contributed by atoms with Gasteiger partial charge in [0.15, 0.2) is 5.58 Å². The molecule has 0 unspecified atom stereocenters. The Morgan fingerprint density at radius 3 is 2.25 bits per heavy atom. The van der Waals surface area contributed by atoms with E-state index in [1.165, 1.54) is 5.56 Å². The first kappa shape index (κ1) is 16.9. The van der Waals surface area contributed by atoms with Crippen LogP contribution in [0.5, 0.6) is 0 Å². The van der Waals surface area contributed by atoms with Gasteiger partial charge in [-0.25, -0.2) is 0 Å². The summed E-state index contributed by atoms with van der Waals surface area (Å²) in [5, 5.41) is 14.4. The third kappa shape index (κ3) is 3.14. The predicted molar refractivity (Wildman–Crippen MR) is 97.7 cm³/mol. The molecule has 3 aromatic rings. The maximum Gasteiger partial charge on any atom is 0.155 e. The van der Waals surface area contributed by atoms with Crippen molar-refractivity contribution in [3.63, 3.8) is 0 Å². The zero-order chi connectivity index (χ0) is 17.5. The number of hydrogen-bond acceptors (Lipinski definition) is 3. The largest absolute Gasteiger partial charge is 0.454 e. The fourth-order valence-electron chi connectivity index (χ4n) is 2.56. The Kier molecular flexibility index (Phi) is 4.33. The van der Waals surface area contributed by atoms with E-state index in [-0.39, 0.29) is 5.41 Å². The fourth-order valence-corrected chi connectivity index (χ4v) is 3.09. The SMILES string of the molecule is CC(C)(C)c1ccc(-c2c/c(=N\O)c3cc(Cl)cc(Cl)c3o2)cc1. The quantitative estimate of drug-likeness (QED) is 0.427. The van der Waals surface area contributed by atoms with E-state index in [4.69, 9.17) is 27.6 Å². The van der Waals surface area contributed by atoms with Gasteiger partial charge in [-0.2, -0.15) is 0 Å². The molecule has 1 aromatic heterocycles. The fraction of sp³-hybridized carbons (Fsp3) is 0.211. The smallest absolute Gasteiger partial charge is 0.155 e. The van der Waals surface area contributed by atoms with Crippen LogP contribution < -0.4 is 5.36 Å². The van der Waals surface area contributed by atoms with Crippen LogP contribution in [-0.4, -0.2) is 5.21 Å². The molecule has 0 saturated heterocycles. The topological polar surface area (TPSA) is 45.7 Å². The number of halogens is 2. The summed E-state index contributed by atoms with van der Waals surface area (Å²) >= 11 is 12.3. The van der Waals surface area contributed by atoms with Gasteiger partial charge in [0.2, 0.25) is 0 Å². The second kappa shape index (κ2) is 6.15. The number of fused-ring (bicyclic) bond motifs is 1. The molecule has 24 heavy (non-hydrogen) atoms. The summed E-state index contributed by atoms with van der Waals surface area (Å²) in [6.45, 7) is 6.48. The molecule has 0 atom stereocenters. The molecule has 1 N–H and O–H groups in total. The van der Waals surface area contributed by atoms with E-state index in [0.29, 0.717) is 32.1 Å². The summed E-state index contributed by atoms with van der Waals surface area (Å²) in [5.41, 5.74) is 2.61. The van der Waals surface area contributed by atoms with Gasteiger partial charge < -0.3 is 9.62 Å². The van der Waals surface area contributed by atoms with E-state index in [0.717, 1.165) is 5.56 Å². The lowest BCUT2D eigenvalue weighted by atomic mass is 9.86. The third-order valence-electron chi connectivity index (χ3n) is 3.91. The van der Waals surface area contributed by atoms with Crippen molar-refractivity contribution < 1.29 is 9.62 Å². The summed E-state index contributed by atoms with van der Waals surface area (Å²) in [6, 6.07) is 13.0. The summed E-state index contributed by atoms with van der Waals surface area (Å²) in [5.74, 6) is 0.569. The Morgan fingerprint density at radius 2 is 1.67 bits per heavy atom. The van der Waals surface area contributed by atoms with Crippen LogP contribution >= 0.6 is 23.2 Å². The van der Waals surface area contributed by atoms with Crippen molar-refractivity contribution in [2.24, 2.45) is 5.16 Å². The van der Waals surface area contributed by atoms with Gasteiger partial charge in [-0.05, 0) is 23.1 Å². The van der Waals surface area contributed by atoms with Crippen molar-refractivity contribution in [2.75, 3.05) is 0 Å². The lowest BCUT2D eigenvalue weighted by Crippen LogP contribution is -2.10. The minimum atomic E-state index is 0.0741. The first-order valence-corrected chi connectivity index (χ1v) is 8.27. The standard InChI is InChI=1S/C19H17Cl2NO2/c1-19(2,3)12-6-4-11(5-7-12)17-10-16(22-23)14-8-13(20)9-15(21)18(14)24-17/h4-10,23H,1-3H3/b22-16+. The number of hydrogen-bond donors (Lipinski definition) is 1. The highest BCUT2D eigenvalue weighted by Gasteiger charge is 2.14. The van der Waals surface area contributed by atoms with Crippen molar-refractivity contribution in [1.29, 1.82) is 0 Å². The molecule has 3 nitrogen and oxygen atoms in total. The number of benzene rings is 2. The van der Waals surface area contributed by atoms with Crippen LogP contribution in [-0.2, 0) is 5.41 Å². The summed E-state index contributed by atoms with van der Waals surface area (Å²) in [4.78, 5) is 0. The molecule has 0 bridgehead atoms. The van der Waals surface area contributed by atoms with Crippen molar-refractivity contribution in [3.05, 3.63) is 63.4 Å². The van der Waals surface area contributed by atoms with Crippen LogP contribution in [0, 0.1) is 0 Å². The Morgan fingerprint density at radius 1 is 1.00 bits per heavy atom. The van der Waals surface area contributed by atoms with Crippen molar-refractivity contribution in [1.82, 2.24) is 0 Å². The minimum Gasteiger partial charge on any atom is -0.454 e. The predicted octanol–water partition coefficient (Wildman–Crippen LogP) is 5.99. The second-order valence-corrected chi connectivity index (χ2v) is 7.53. The highest BCUT2D eigenvalue weighted by molar-refractivity contribution is 6.38. The lowest BCUT2D eigenvalue weighted by molar-refractivity contribution is 0.302. The molecule has 0 radical (unpaired) electrons. The molecule has 0 saturated carbocycles. The minimum absolute atomic E-state index is 0.0741. The van der Waals surface area contributed by atoms with Crippen molar-refractivity contribution in [2.45, 2.75) is 26.2 Å². The third-order valence-corrected chi connectivity index (χ3v) is 4.41. The summed E-state index contributed by atoms with van der Waals surface area (Å²) in [7, 11) is 0. The molecular formula is C19H17Cl2NO2. The van der Waals surface area contributed by atoms with Crippen LogP contribution in [0.4, 0.5) is 0 Å². The molecule has 5 heteroatoms. The maximum atomic E-state index is 9.34. The average molecular weight is 362 g/mol. The molecule has 0 spiro atoms. The Labute approximate surface area is 150 Å². The number of nitrogens with zero attached hydrogens (tertiary/aromatic N) is 1. The first-order valence-electron chi connectivity index (χ1n) is 7.51. The molecule has 3 rings (SSSR count). The molecule has 0 aliphatic carbocycles. The molecule has 124 valence electrons. The van der Waals surface area contributed by atoms with Gasteiger partial charge in [0.05, 0.1) is 5.02 Å². The first-order chi connectivity index (χ1) is 11.3. The number of rotatable bonds is 1. The zero-order valence-corrected chi connectivity index (χ0v) is 15.1. The Hall–Kier alpha value is -1.97. The zero-order valence-electron chi connectivity index (χ0n) is 13.6. The summed E-state index contributed by atoms with van der Waals surface area (Å²) < 4.78 is 5.94. The Balaban J connectivity index is 2.21. The molecule has 0 aliphatic heterocycles. The molecule has 2 aromatic carbocycles. The Bertz CT molecular complexity index is 968. The van der Waals surface area contributed by atoms with Crippen LogP contribution in [0.1, 0.15) is 26.3 Å². The van der Waals surface area contributed by atoms with Gasteiger partial charge in [0.25, 0.3) is 0 Å². The molecule has 0 fully saturated rings. The second-order valence-electron chi connectivity index (χ2n) is 6.69. The van der Waals surface area contributed by atoms with E-state index in [1.54, 1.807) is 18.2 Å². The van der Waals surface area contributed by atoms with Gasteiger partial charge in [0.1, 0.15) is 11.1 Å². The van der Waals surface area contributed by atoms with Gasteiger partial charge in [-0.1, -0.05) is 73.4 Å². The lowest BCUT2D eigenvalue weighted by Gasteiger charge is -2.19. The van der Waals surface area contributed by atoms with Gasteiger partial charge >= 0.3 is 0 Å². The van der Waals surface area contributed by atoms with Crippen LogP contribution in [0.15, 0.2) is 52.0 Å². The monoisotopic (exact) mass is 361 g/mol. The van der Waals surface area contributed by atoms with Gasteiger partial charge in [-0.3, -0.25) is 0 Å². The average Bonchev–Trinajstić information content (AvgIpc) is 2.53. The van der Waals surface area contributed by atoms with Crippen molar-refractivity contribution >= 4 is 34.2 Å². The molecule has 1 heterocycles. The van der Waals surface area contributed by atoms with E-state index in [9.17, 15) is 5.21 Å². The maximum absolute atomic E-state index is 9.34. The molecule has 0 amide bonds. The molecule has 0 aliphatic rings. The highest BCUT2D eigenvalue weighted by Crippen LogP contribution is 2.31. The van der Waals surface area contributed by atoms with Crippen LogP contribution in [0.2, 0.25) is 10.0 Å². The van der Waals surface area contributed by atoms with Gasteiger partial charge in [0, 0.05) is 22.0 Å². The van der Waals surface area contributed by atoms with Crippen LogP contribution in [0.25, 0.3) is 22.3 Å². The van der Waals surface area contributed by atoms with Crippen molar-refractivity contribution in [3.8, 4) is 11.3 Å². The van der Waals surface area contributed by atoms with Gasteiger partial charge in [-0.15, -0.1) is 0 Å². The van der Waals surface area contributed by atoms with Crippen LogP contribution in [0.3, 0.4) is 0 Å². The van der Waals surface area contributed by atoms with E-state index in [1.807, 2.05) is 12.1 Å². The highest BCUT2D eigenvalue weighted by atomic mass is 35.5.